The first-order valence-electron chi connectivity index (χ1n) is 6.93. The molecule has 0 aliphatic heterocycles. The van der Waals surface area contributed by atoms with Crippen LogP contribution in [0, 0.1) is 0 Å². The topological polar surface area (TPSA) is 49.3 Å². The molecule has 0 spiro atoms. The normalized spacial score (nSPS) is 10.5. The van der Waals surface area contributed by atoms with E-state index in [-0.39, 0.29) is 0 Å². The van der Waals surface area contributed by atoms with Crippen LogP contribution in [-0.2, 0) is 13.0 Å². The predicted octanol–water partition coefficient (Wildman–Crippen LogP) is 3.87. The van der Waals surface area contributed by atoms with E-state index in [0.29, 0.717) is 5.56 Å². The van der Waals surface area contributed by atoms with E-state index < -0.39 is 5.97 Å². The van der Waals surface area contributed by atoms with E-state index >= 15 is 0 Å². The zero-order chi connectivity index (χ0) is 15.1. The Bertz CT molecular complexity index is 599. The Labute approximate surface area is 133 Å². The first-order chi connectivity index (χ1) is 10.2. The molecule has 0 aliphatic carbocycles. The Balaban J connectivity index is 1.75. The predicted molar refractivity (Wildman–Crippen MR) is 87.6 cm³/mol. The monoisotopic (exact) mass is 347 g/mol. The van der Waals surface area contributed by atoms with Gasteiger partial charge in [0.25, 0.3) is 0 Å². The molecule has 2 rings (SSSR count). The van der Waals surface area contributed by atoms with E-state index in [1.165, 1.54) is 5.56 Å². The molecule has 2 N–H and O–H groups in total. The average molecular weight is 348 g/mol. The maximum atomic E-state index is 10.9. The van der Waals surface area contributed by atoms with Crippen LogP contribution in [0.4, 0.5) is 0 Å². The summed E-state index contributed by atoms with van der Waals surface area (Å²) in [5.74, 6) is -0.905. The fraction of sp³-hybridized carbons (Fsp3) is 0.235. The quantitative estimate of drug-likeness (QED) is 0.747. The first kappa shape index (κ1) is 15.7. The minimum absolute atomic E-state index is 0.301. The van der Waals surface area contributed by atoms with Crippen molar-refractivity contribution in [2.24, 2.45) is 0 Å². The molecule has 0 unspecified atom stereocenters. The zero-order valence-electron chi connectivity index (χ0n) is 11.7. The molecule has 2 aromatic rings. The number of hydrogen-bond donors (Lipinski definition) is 2. The van der Waals surface area contributed by atoms with Gasteiger partial charge in [0.05, 0.1) is 5.56 Å². The molecular formula is C17H18BrNO2. The van der Waals surface area contributed by atoms with Gasteiger partial charge in [0.1, 0.15) is 0 Å². The zero-order valence-corrected chi connectivity index (χ0v) is 13.3. The Hall–Kier alpha value is -1.65. The number of benzene rings is 2. The first-order valence-corrected chi connectivity index (χ1v) is 7.72. The van der Waals surface area contributed by atoms with Gasteiger partial charge in [-0.25, -0.2) is 4.79 Å². The molecule has 2 aromatic carbocycles. The van der Waals surface area contributed by atoms with Crippen LogP contribution in [-0.4, -0.2) is 17.6 Å². The molecule has 4 heteroatoms. The third-order valence-corrected chi connectivity index (χ3v) is 4.02. The van der Waals surface area contributed by atoms with Gasteiger partial charge in [0, 0.05) is 11.0 Å². The number of nitrogens with one attached hydrogen (secondary N) is 1. The van der Waals surface area contributed by atoms with Gasteiger partial charge in [-0.2, -0.15) is 0 Å². The summed E-state index contributed by atoms with van der Waals surface area (Å²) in [6, 6.07) is 15.5. The molecule has 110 valence electrons. The van der Waals surface area contributed by atoms with Crippen LogP contribution in [0.3, 0.4) is 0 Å². The summed E-state index contributed by atoms with van der Waals surface area (Å²) in [5, 5.41) is 12.3. The minimum atomic E-state index is -0.905. The molecule has 0 bridgehead atoms. The van der Waals surface area contributed by atoms with Gasteiger partial charge in [-0.3, -0.25) is 0 Å². The van der Waals surface area contributed by atoms with E-state index in [0.717, 1.165) is 36.0 Å². The number of halogens is 1. The van der Waals surface area contributed by atoms with Crippen LogP contribution in [0.2, 0.25) is 0 Å². The molecule has 0 amide bonds. The Morgan fingerprint density at radius 3 is 2.57 bits per heavy atom. The van der Waals surface area contributed by atoms with Crippen molar-refractivity contribution in [3.8, 4) is 0 Å². The van der Waals surface area contributed by atoms with Gasteiger partial charge in [0.2, 0.25) is 0 Å². The van der Waals surface area contributed by atoms with Crippen molar-refractivity contribution in [1.82, 2.24) is 5.32 Å². The Kier molecular flexibility index (Phi) is 5.96. The second kappa shape index (κ2) is 7.96. The highest BCUT2D eigenvalue weighted by Crippen LogP contribution is 2.18. The van der Waals surface area contributed by atoms with Gasteiger partial charge < -0.3 is 10.4 Å². The van der Waals surface area contributed by atoms with Crippen molar-refractivity contribution in [3.05, 3.63) is 69.7 Å². The van der Waals surface area contributed by atoms with Crippen LogP contribution in [0.1, 0.15) is 27.9 Å². The van der Waals surface area contributed by atoms with E-state index in [4.69, 9.17) is 5.11 Å². The van der Waals surface area contributed by atoms with Crippen LogP contribution >= 0.6 is 15.9 Å². The lowest BCUT2D eigenvalue weighted by Gasteiger charge is -2.08. The second-order valence-electron chi connectivity index (χ2n) is 4.88. The number of carboxylic acids is 1. The number of aryl methyl sites for hydroxylation is 1. The highest BCUT2D eigenvalue weighted by atomic mass is 79.9. The molecule has 0 saturated carbocycles. The highest BCUT2D eigenvalue weighted by Gasteiger charge is 2.06. The fourth-order valence-corrected chi connectivity index (χ4v) is 2.63. The van der Waals surface area contributed by atoms with E-state index in [1.54, 1.807) is 12.1 Å². The molecular weight excluding hydrogens is 330 g/mol. The maximum Gasteiger partial charge on any atom is 0.335 e. The van der Waals surface area contributed by atoms with Gasteiger partial charge >= 0.3 is 5.97 Å². The summed E-state index contributed by atoms with van der Waals surface area (Å²) in [4.78, 5) is 10.9. The standard InChI is InChI=1S/C17H18BrNO2/c18-16-11-14(17(20)21)8-9-15(16)12-19-10-4-7-13-5-2-1-3-6-13/h1-3,5-6,8-9,11,19H,4,7,10,12H2,(H,20,21). The molecule has 3 nitrogen and oxygen atoms in total. The minimum Gasteiger partial charge on any atom is -0.478 e. The molecule has 21 heavy (non-hydrogen) atoms. The molecule has 0 radical (unpaired) electrons. The summed E-state index contributed by atoms with van der Waals surface area (Å²) in [7, 11) is 0. The largest absolute Gasteiger partial charge is 0.478 e. The number of hydrogen-bond acceptors (Lipinski definition) is 2. The smallest absolute Gasteiger partial charge is 0.335 e. The summed E-state index contributed by atoms with van der Waals surface area (Å²) < 4.78 is 0.831. The summed E-state index contributed by atoms with van der Waals surface area (Å²) in [6.07, 6.45) is 2.14. The number of carbonyl (C=O) groups is 1. The van der Waals surface area contributed by atoms with Crippen molar-refractivity contribution in [1.29, 1.82) is 0 Å². The molecule has 0 atom stereocenters. The Morgan fingerprint density at radius 1 is 1.14 bits per heavy atom. The number of rotatable bonds is 7. The average Bonchev–Trinajstić information content (AvgIpc) is 2.49. The summed E-state index contributed by atoms with van der Waals surface area (Å²) in [5.41, 5.74) is 2.72. The van der Waals surface area contributed by atoms with Crippen LogP contribution in [0.15, 0.2) is 53.0 Å². The van der Waals surface area contributed by atoms with Crippen molar-refractivity contribution >= 4 is 21.9 Å². The van der Waals surface area contributed by atoms with Crippen molar-refractivity contribution < 1.29 is 9.90 Å². The van der Waals surface area contributed by atoms with Gasteiger partial charge in [0.15, 0.2) is 0 Å². The Morgan fingerprint density at radius 2 is 1.90 bits per heavy atom. The second-order valence-corrected chi connectivity index (χ2v) is 5.73. The highest BCUT2D eigenvalue weighted by molar-refractivity contribution is 9.10. The molecule has 0 fully saturated rings. The molecule has 0 heterocycles. The van der Waals surface area contributed by atoms with Crippen LogP contribution in [0.5, 0.6) is 0 Å². The fourth-order valence-electron chi connectivity index (χ4n) is 2.11. The van der Waals surface area contributed by atoms with E-state index in [1.807, 2.05) is 12.1 Å². The van der Waals surface area contributed by atoms with Crippen LogP contribution < -0.4 is 5.32 Å². The lowest BCUT2D eigenvalue weighted by atomic mass is 10.1. The summed E-state index contributed by atoms with van der Waals surface area (Å²) in [6.45, 7) is 1.66. The van der Waals surface area contributed by atoms with E-state index in [2.05, 4.69) is 45.5 Å². The SMILES string of the molecule is O=C(O)c1ccc(CNCCCc2ccccc2)c(Br)c1. The van der Waals surface area contributed by atoms with Gasteiger partial charge in [-0.05, 0) is 42.6 Å². The number of carboxylic acid groups (broad SMARTS) is 1. The summed E-state index contributed by atoms with van der Waals surface area (Å²) >= 11 is 3.42. The van der Waals surface area contributed by atoms with Gasteiger partial charge in [-0.1, -0.05) is 52.3 Å². The van der Waals surface area contributed by atoms with E-state index in [9.17, 15) is 4.79 Å². The number of aromatic carboxylic acids is 1. The van der Waals surface area contributed by atoms with Crippen molar-refractivity contribution in [3.63, 3.8) is 0 Å². The third-order valence-electron chi connectivity index (χ3n) is 3.28. The maximum absolute atomic E-state index is 10.9. The van der Waals surface area contributed by atoms with Crippen LogP contribution in [0.25, 0.3) is 0 Å². The molecule has 0 aliphatic rings. The third kappa shape index (κ3) is 4.99. The van der Waals surface area contributed by atoms with Gasteiger partial charge in [-0.15, -0.1) is 0 Å². The molecule has 0 aromatic heterocycles. The molecule has 0 saturated heterocycles. The van der Waals surface area contributed by atoms with Crippen molar-refractivity contribution in [2.75, 3.05) is 6.54 Å². The lowest BCUT2D eigenvalue weighted by molar-refractivity contribution is 0.0697. The van der Waals surface area contributed by atoms with Crippen molar-refractivity contribution in [2.45, 2.75) is 19.4 Å². The lowest BCUT2D eigenvalue weighted by Crippen LogP contribution is -2.15.